The number of benzene rings is 1. The Bertz CT molecular complexity index is 584. The van der Waals surface area contributed by atoms with Crippen LogP contribution in [-0.4, -0.2) is 30.3 Å². The smallest absolute Gasteiger partial charge is 0.425 e. The van der Waals surface area contributed by atoms with Gasteiger partial charge in [0.2, 0.25) is 0 Å². The van der Waals surface area contributed by atoms with Crippen LogP contribution in [0.15, 0.2) is 24.3 Å². The lowest BCUT2D eigenvalue weighted by Crippen LogP contribution is -2.30. The third-order valence-electron chi connectivity index (χ3n) is 2.97. The highest BCUT2D eigenvalue weighted by Gasteiger charge is 2.38. The Balaban J connectivity index is 2.42. The monoisotopic (exact) mass is 362 g/mol. The number of para-hydroxylation sites is 2. The summed E-state index contributed by atoms with van der Waals surface area (Å²) in [7, 11) is 0. The van der Waals surface area contributed by atoms with E-state index in [1.807, 2.05) is 13.8 Å². The van der Waals surface area contributed by atoms with E-state index in [1.165, 1.54) is 0 Å². The molecule has 1 rings (SSSR count). The minimum absolute atomic E-state index is 0.0233. The standard InChI is InChI=1S/C17H21F3O5/c1-11(2)23-13-7-4-5-8-14(13)25-16(22)10-6-9-15(21)24-12(3)17(18,19)20/h4-5,7-8,11-12H,6,9-10H2,1-3H3. The summed E-state index contributed by atoms with van der Waals surface area (Å²) in [5, 5.41) is 0. The number of carbonyl (C=O) groups is 2. The van der Waals surface area contributed by atoms with E-state index in [4.69, 9.17) is 9.47 Å². The molecule has 25 heavy (non-hydrogen) atoms. The molecule has 0 aromatic heterocycles. The molecular formula is C17H21F3O5. The van der Waals surface area contributed by atoms with Gasteiger partial charge in [-0.3, -0.25) is 9.59 Å². The largest absolute Gasteiger partial charge is 0.487 e. The Morgan fingerprint density at radius 3 is 2.12 bits per heavy atom. The predicted molar refractivity (Wildman–Crippen MR) is 83.3 cm³/mol. The lowest BCUT2D eigenvalue weighted by atomic mass is 10.2. The summed E-state index contributed by atoms with van der Waals surface area (Å²) in [6, 6.07) is 6.62. The Labute approximate surface area is 144 Å². The van der Waals surface area contributed by atoms with Crippen LogP contribution in [-0.2, 0) is 14.3 Å². The minimum atomic E-state index is -4.60. The van der Waals surface area contributed by atoms with Crippen molar-refractivity contribution < 1.29 is 37.0 Å². The number of carbonyl (C=O) groups excluding carboxylic acids is 2. The summed E-state index contributed by atoms with van der Waals surface area (Å²) < 4.78 is 51.7. The zero-order valence-corrected chi connectivity index (χ0v) is 14.3. The minimum Gasteiger partial charge on any atom is -0.487 e. The van der Waals surface area contributed by atoms with Gasteiger partial charge in [0, 0.05) is 12.8 Å². The Kier molecular flexibility index (Phi) is 7.73. The van der Waals surface area contributed by atoms with Crippen LogP contribution < -0.4 is 9.47 Å². The van der Waals surface area contributed by atoms with E-state index >= 15 is 0 Å². The van der Waals surface area contributed by atoms with Crippen molar-refractivity contribution >= 4 is 11.9 Å². The molecule has 1 aromatic carbocycles. The number of halogens is 3. The van der Waals surface area contributed by atoms with Gasteiger partial charge in [0.25, 0.3) is 0 Å². The summed E-state index contributed by atoms with van der Waals surface area (Å²) in [4.78, 5) is 23.1. The molecule has 0 saturated carbocycles. The molecular weight excluding hydrogens is 341 g/mol. The van der Waals surface area contributed by atoms with Crippen LogP contribution in [0.4, 0.5) is 13.2 Å². The maximum absolute atomic E-state index is 12.3. The molecule has 0 aliphatic rings. The Morgan fingerprint density at radius 1 is 1.00 bits per heavy atom. The van der Waals surface area contributed by atoms with E-state index in [0.717, 1.165) is 6.92 Å². The zero-order chi connectivity index (χ0) is 19.0. The second-order valence-corrected chi connectivity index (χ2v) is 5.61. The van der Waals surface area contributed by atoms with E-state index in [-0.39, 0.29) is 31.1 Å². The van der Waals surface area contributed by atoms with E-state index < -0.39 is 24.2 Å². The maximum atomic E-state index is 12.3. The maximum Gasteiger partial charge on any atom is 0.425 e. The molecule has 0 bridgehead atoms. The average Bonchev–Trinajstić information content (AvgIpc) is 2.47. The third-order valence-corrected chi connectivity index (χ3v) is 2.97. The van der Waals surface area contributed by atoms with Crippen LogP contribution >= 0.6 is 0 Å². The second-order valence-electron chi connectivity index (χ2n) is 5.61. The molecule has 0 spiro atoms. The predicted octanol–water partition coefficient (Wildman–Crippen LogP) is 4.04. The average molecular weight is 362 g/mol. The number of hydrogen-bond acceptors (Lipinski definition) is 5. The molecule has 0 N–H and O–H groups in total. The zero-order valence-electron chi connectivity index (χ0n) is 14.3. The highest BCUT2D eigenvalue weighted by atomic mass is 19.4. The third kappa shape index (κ3) is 7.91. The number of ether oxygens (including phenoxy) is 3. The summed E-state index contributed by atoms with van der Waals surface area (Å²) in [5.41, 5.74) is 0. The summed E-state index contributed by atoms with van der Waals surface area (Å²) >= 11 is 0. The highest BCUT2D eigenvalue weighted by molar-refractivity contribution is 5.75. The van der Waals surface area contributed by atoms with E-state index in [2.05, 4.69) is 4.74 Å². The molecule has 1 atom stereocenters. The highest BCUT2D eigenvalue weighted by Crippen LogP contribution is 2.28. The number of esters is 2. The van der Waals surface area contributed by atoms with Gasteiger partial charge in [0.05, 0.1) is 6.10 Å². The normalized spacial score (nSPS) is 12.6. The lowest BCUT2D eigenvalue weighted by molar-refractivity contribution is -0.216. The van der Waals surface area contributed by atoms with Gasteiger partial charge >= 0.3 is 18.1 Å². The van der Waals surface area contributed by atoms with Gasteiger partial charge in [-0.05, 0) is 39.3 Å². The van der Waals surface area contributed by atoms with Crippen LogP contribution in [0.25, 0.3) is 0 Å². The SMILES string of the molecule is CC(C)Oc1ccccc1OC(=O)CCCC(=O)OC(C)C(F)(F)F. The first kappa shape index (κ1) is 20.8. The van der Waals surface area contributed by atoms with Crippen LogP contribution in [0.5, 0.6) is 11.5 Å². The first-order valence-electron chi connectivity index (χ1n) is 7.82. The van der Waals surface area contributed by atoms with Crippen molar-refractivity contribution in [1.82, 2.24) is 0 Å². The van der Waals surface area contributed by atoms with Crippen LogP contribution in [0, 0.1) is 0 Å². The molecule has 0 aliphatic carbocycles. The van der Waals surface area contributed by atoms with Crippen LogP contribution in [0.3, 0.4) is 0 Å². The molecule has 0 saturated heterocycles. The van der Waals surface area contributed by atoms with Gasteiger partial charge in [0.15, 0.2) is 17.6 Å². The van der Waals surface area contributed by atoms with Crippen molar-refractivity contribution in [1.29, 1.82) is 0 Å². The first-order chi connectivity index (χ1) is 11.6. The van der Waals surface area contributed by atoms with Crippen molar-refractivity contribution in [2.45, 2.75) is 58.4 Å². The summed E-state index contributed by atoms with van der Waals surface area (Å²) in [6.45, 7) is 4.40. The van der Waals surface area contributed by atoms with Gasteiger partial charge in [-0.15, -0.1) is 0 Å². The van der Waals surface area contributed by atoms with Crippen molar-refractivity contribution in [2.75, 3.05) is 0 Å². The van der Waals surface area contributed by atoms with Crippen LogP contribution in [0.1, 0.15) is 40.0 Å². The number of alkyl halides is 3. The number of rotatable bonds is 8. The van der Waals surface area contributed by atoms with E-state index in [9.17, 15) is 22.8 Å². The molecule has 0 fully saturated rings. The molecule has 140 valence electrons. The van der Waals surface area contributed by atoms with E-state index in [1.54, 1.807) is 24.3 Å². The lowest BCUT2D eigenvalue weighted by Gasteiger charge is -2.16. The van der Waals surface area contributed by atoms with Gasteiger partial charge in [0.1, 0.15) is 0 Å². The topological polar surface area (TPSA) is 61.8 Å². The quantitative estimate of drug-likeness (QED) is 0.516. The fourth-order valence-electron chi connectivity index (χ4n) is 1.76. The van der Waals surface area contributed by atoms with Crippen LogP contribution in [0.2, 0.25) is 0 Å². The molecule has 1 aromatic rings. The molecule has 5 nitrogen and oxygen atoms in total. The first-order valence-corrected chi connectivity index (χ1v) is 7.82. The number of hydrogen-bond donors (Lipinski definition) is 0. The molecule has 0 amide bonds. The molecule has 0 heterocycles. The molecule has 0 radical (unpaired) electrons. The molecule has 1 unspecified atom stereocenters. The van der Waals surface area contributed by atoms with Gasteiger partial charge < -0.3 is 14.2 Å². The Hall–Kier alpha value is -2.25. The van der Waals surface area contributed by atoms with Gasteiger partial charge in [-0.25, -0.2) is 0 Å². The van der Waals surface area contributed by atoms with Gasteiger partial charge in [-0.2, -0.15) is 13.2 Å². The van der Waals surface area contributed by atoms with Crippen molar-refractivity contribution in [2.24, 2.45) is 0 Å². The van der Waals surface area contributed by atoms with Crippen molar-refractivity contribution in [3.63, 3.8) is 0 Å². The Morgan fingerprint density at radius 2 is 1.56 bits per heavy atom. The fraction of sp³-hybridized carbons (Fsp3) is 0.529. The summed E-state index contributed by atoms with van der Waals surface area (Å²) in [5.74, 6) is -0.976. The second kappa shape index (κ2) is 9.29. The van der Waals surface area contributed by atoms with Crippen molar-refractivity contribution in [3.05, 3.63) is 24.3 Å². The fourth-order valence-corrected chi connectivity index (χ4v) is 1.76. The molecule has 0 aliphatic heterocycles. The molecule has 8 heteroatoms. The summed E-state index contributed by atoms with van der Waals surface area (Å²) in [6.07, 6.45) is -7.30. The van der Waals surface area contributed by atoms with Gasteiger partial charge in [-0.1, -0.05) is 12.1 Å². The van der Waals surface area contributed by atoms with Crippen molar-refractivity contribution in [3.8, 4) is 11.5 Å². The van der Waals surface area contributed by atoms with E-state index in [0.29, 0.717) is 5.75 Å².